The third kappa shape index (κ3) is 1.99. The lowest BCUT2D eigenvalue weighted by Gasteiger charge is -2.45. The first-order chi connectivity index (χ1) is 9.45. The highest BCUT2D eigenvalue weighted by Crippen LogP contribution is 2.45. The molecule has 0 aliphatic heterocycles. The van der Waals surface area contributed by atoms with Crippen molar-refractivity contribution in [3.63, 3.8) is 0 Å². The lowest BCUT2D eigenvalue weighted by Crippen LogP contribution is -2.56. The lowest BCUT2D eigenvalue weighted by atomic mass is 9.71. The van der Waals surface area contributed by atoms with Gasteiger partial charge >= 0.3 is 5.97 Å². The molecule has 1 aliphatic carbocycles. The summed E-state index contributed by atoms with van der Waals surface area (Å²) >= 11 is 0. The van der Waals surface area contributed by atoms with Crippen molar-refractivity contribution in [1.82, 2.24) is 4.90 Å². The van der Waals surface area contributed by atoms with Crippen molar-refractivity contribution in [2.45, 2.75) is 51.1 Å². The Balaban J connectivity index is 2.69. The Bertz CT molecular complexity index is 526. The number of amides is 1. The van der Waals surface area contributed by atoms with Crippen LogP contribution in [0, 0.1) is 0 Å². The SMILES string of the molecule is CC1CCC(C(=O)O)(N(C=O)C(C)C)c2ccccc21. The molecule has 0 radical (unpaired) electrons. The number of fused-ring (bicyclic) bond motifs is 1. The Morgan fingerprint density at radius 2 is 2.10 bits per heavy atom. The fraction of sp³-hybridized carbons (Fsp3) is 0.500. The van der Waals surface area contributed by atoms with Gasteiger partial charge in [0.25, 0.3) is 0 Å². The number of carboxylic acids is 1. The van der Waals surface area contributed by atoms with Gasteiger partial charge in [-0.2, -0.15) is 0 Å². The van der Waals surface area contributed by atoms with Crippen molar-refractivity contribution < 1.29 is 14.7 Å². The first-order valence-corrected chi connectivity index (χ1v) is 7.01. The molecule has 0 heterocycles. The van der Waals surface area contributed by atoms with Gasteiger partial charge in [0.1, 0.15) is 0 Å². The molecule has 1 N–H and O–H groups in total. The van der Waals surface area contributed by atoms with Crippen molar-refractivity contribution in [2.75, 3.05) is 0 Å². The van der Waals surface area contributed by atoms with Gasteiger partial charge < -0.3 is 10.0 Å². The van der Waals surface area contributed by atoms with Crippen LogP contribution in [0.2, 0.25) is 0 Å². The standard InChI is InChI=1S/C16H21NO3/c1-11(2)17(10-18)16(15(19)20)9-8-12(3)13-6-4-5-7-14(13)16/h4-7,10-12H,8-9H2,1-3H3,(H,19,20). The third-order valence-corrected chi connectivity index (χ3v) is 4.34. The fourth-order valence-corrected chi connectivity index (χ4v) is 3.27. The van der Waals surface area contributed by atoms with Crippen molar-refractivity contribution in [1.29, 1.82) is 0 Å². The molecule has 4 nitrogen and oxygen atoms in total. The molecule has 2 unspecified atom stereocenters. The Morgan fingerprint density at radius 1 is 1.45 bits per heavy atom. The highest BCUT2D eigenvalue weighted by Gasteiger charge is 2.50. The maximum Gasteiger partial charge on any atom is 0.334 e. The number of benzene rings is 1. The van der Waals surface area contributed by atoms with Crippen LogP contribution in [0.4, 0.5) is 0 Å². The summed E-state index contributed by atoms with van der Waals surface area (Å²) in [5, 5.41) is 9.87. The van der Waals surface area contributed by atoms with Gasteiger partial charge in [0, 0.05) is 6.04 Å². The summed E-state index contributed by atoms with van der Waals surface area (Å²) < 4.78 is 0. The van der Waals surface area contributed by atoms with Crippen LogP contribution in [0.5, 0.6) is 0 Å². The van der Waals surface area contributed by atoms with E-state index in [4.69, 9.17) is 0 Å². The zero-order chi connectivity index (χ0) is 14.9. The number of carbonyl (C=O) groups is 2. The number of aliphatic carboxylic acids is 1. The molecular formula is C16H21NO3. The highest BCUT2D eigenvalue weighted by atomic mass is 16.4. The molecule has 2 rings (SSSR count). The van der Waals surface area contributed by atoms with E-state index in [0.29, 0.717) is 18.7 Å². The van der Waals surface area contributed by atoms with E-state index in [0.717, 1.165) is 17.5 Å². The minimum Gasteiger partial charge on any atom is -0.479 e. The Kier molecular flexibility index (Phi) is 3.84. The van der Waals surface area contributed by atoms with E-state index in [2.05, 4.69) is 6.92 Å². The molecular weight excluding hydrogens is 254 g/mol. The summed E-state index contributed by atoms with van der Waals surface area (Å²) in [6.45, 7) is 5.80. The van der Waals surface area contributed by atoms with Gasteiger partial charge in [-0.05, 0) is 43.7 Å². The summed E-state index contributed by atoms with van der Waals surface area (Å²) in [5.74, 6) is -0.628. The molecule has 20 heavy (non-hydrogen) atoms. The van der Waals surface area contributed by atoms with Crippen LogP contribution < -0.4 is 0 Å². The van der Waals surface area contributed by atoms with E-state index in [1.54, 1.807) is 0 Å². The maximum absolute atomic E-state index is 12.0. The first kappa shape index (κ1) is 14.6. The summed E-state index contributed by atoms with van der Waals surface area (Å²) in [5.41, 5.74) is 0.555. The van der Waals surface area contributed by atoms with Crippen molar-refractivity contribution in [3.8, 4) is 0 Å². The number of carbonyl (C=O) groups excluding carboxylic acids is 1. The van der Waals surface area contributed by atoms with Gasteiger partial charge in [-0.3, -0.25) is 4.79 Å². The zero-order valence-electron chi connectivity index (χ0n) is 12.2. The average molecular weight is 275 g/mol. The number of rotatable bonds is 4. The van der Waals surface area contributed by atoms with Crippen LogP contribution in [-0.2, 0) is 15.1 Å². The second kappa shape index (κ2) is 5.27. The van der Waals surface area contributed by atoms with Crippen LogP contribution in [0.15, 0.2) is 24.3 Å². The summed E-state index contributed by atoms with van der Waals surface area (Å²) in [6.07, 6.45) is 1.89. The summed E-state index contributed by atoms with van der Waals surface area (Å²) in [6, 6.07) is 7.43. The van der Waals surface area contributed by atoms with E-state index in [9.17, 15) is 14.7 Å². The third-order valence-electron chi connectivity index (χ3n) is 4.34. The first-order valence-electron chi connectivity index (χ1n) is 7.01. The fourth-order valence-electron chi connectivity index (χ4n) is 3.27. The lowest BCUT2D eigenvalue weighted by molar-refractivity contribution is -0.159. The van der Waals surface area contributed by atoms with Crippen LogP contribution in [0.25, 0.3) is 0 Å². The second-order valence-corrected chi connectivity index (χ2v) is 5.80. The Hall–Kier alpha value is -1.84. The monoisotopic (exact) mass is 275 g/mol. The van der Waals surface area contributed by atoms with Crippen LogP contribution in [0.1, 0.15) is 50.7 Å². The molecule has 4 heteroatoms. The van der Waals surface area contributed by atoms with Crippen molar-refractivity contribution in [2.24, 2.45) is 0 Å². The van der Waals surface area contributed by atoms with Crippen molar-refractivity contribution >= 4 is 12.4 Å². The summed E-state index contributed by atoms with van der Waals surface area (Å²) in [4.78, 5) is 25.0. The molecule has 0 saturated heterocycles. The molecule has 0 saturated carbocycles. The van der Waals surface area contributed by atoms with E-state index in [1.165, 1.54) is 4.90 Å². The Morgan fingerprint density at radius 3 is 2.65 bits per heavy atom. The minimum absolute atomic E-state index is 0.162. The van der Waals surface area contributed by atoms with E-state index in [1.807, 2.05) is 38.1 Å². The molecule has 2 atom stereocenters. The zero-order valence-corrected chi connectivity index (χ0v) is 12.2. The Labute approximate surface area is 119 Å². The molecule has 0 bridgehead atoms. The molecule has 1 aromatic carbocycles. The van der Waals surface area contributed by atoms with E-state index >= 15 is 0 Å². The molecule has 0 aromatic heterocycles. The predicted octanol–water partition coefficient (Wildman–Crippen LogP) is 2.73. The number of hydrogen-bond acceptors (Lipinski definition) is 2. The van der Waals surface area contributed by atoms with Gasteiger partial charge in [-0.25, -0.2) is 4.79 Å². The number of carboxylic acid groups (broad SMARTS) is 1. The number of hydrogen-bond donors (Lipinski definition) is 1. The van der Waals surface area contributed by atoms with Crippen LogP contribution >= 0.6 is 0 Å². The van der Waals surface area contributed by atoms with Crippen LogP contribution in [0.3, 0.4) is 0 Å². The largest absolute Gasteiger partial charge is 0.479 e. The quantitative estimate of drug-likeness (QED) is 0.860. The molecule has 108 valence electrons. The van der Waals surface area contributed by atoms with Crippen LogP contribution in [-0.4, -0.2) is 28.4 Å². The second-order valence-electron chi connectivity index (χ2n) is 5.80. The molecule has 1 aromatic rings. The van der Waals surface area contributed by atoms with Gasteiger partial charge in [0.05, 0.1) is 0 Å². The van der Waals surface area contributed by atoms with E-state index < -0.39 is 11.5 Å². The minimum atomic E-state index is -1.24. The molecule has 0 fully saturated rings. The highest BCUT2D eigenvalue weighted by molar-refractivity contribution is 5.84. The number of nitrogens with zero attached hydrogens (tertiary/aromatic N) is 1. The van der Waals surface area contributed by atoms with Gasteiger partial charge in [-0.15, -0.1) is 0 Å². The van der Waals surface area contributed by atoms with E-state index in [-0.39, 0.29) is 6.04 Å². The van der Waals surface area contributed by atoms with Gasteiger partial charge in [-0.1, -0.05) is 31.2 Å². The normalized spacial score (nSPS) is 25.1. The smallest absolute Gasteiger partial charge is 0.334 e. The molecule has 1 aliphatic rings. The predicted molar refractivity (Wildman–Crippen MR) is 76.4 cm³/mol. The topological polar surface area (TPSA) is 57.6 Å². The molecule has 0 spiro atoms. The maximum atomic E-state index is 12.0. The van der Waals surface area contributed by atoms with Crippen molar-refractivity contribution in [3.05, 3.63) is 35.4 Å². The summed E-state index contributed by atoms with van der Waals surface area (Å²) in [7, 11) is 0. The average Bonchev–Trinajstić information content (AvgIpc) is 2.42. The van der Waals surface area contributed by atoms with Gasteiger partial charge in [0.15, 0.2) is 5.54 Å². The van der Waals surface area contributed by atoms with Gasteiger partial charge in [0.2, 0.25) is 6.41 Å². The molecule has 1 amide bonds.